The summed E-state index contributed by atoms with van der Waals surface area (Å²) in [5.74, 6) is -0.910. The molecule has 0 aliphatic carbocycles. The molecule has 5 heteroatoms. The molecule has 0 amide bonds. The minimum atomic E-state index is -0.910. The van der Waals surface area contributed by atoms with Crippen LogP contribution in [-0.4, -0.2) is 42.2 Å². The Morgan fingerprint density at radius 3 is 2.68 bits per heavy atom. The Morgan fingerprint density at radius 2 is 2.05 bits per heavy atom. The van der Waals surface area contributed by atoms with Crippen molar-refractivity contribution in [3.63, 3.8) is 0 Å². The van der Waals surface area contributed by atoms with Crippen molar-refractivity contribution in [2.24, 2.45) is 0 Å². The molecule has 2 rings (SSSR count). The van der Waals surface area contributed by atoms with Crippen molar-refractivity contribution in [1.82, 2.24) is 4.90 Å². The average Bonchev–Trinajstić information content (AvgIpc) is 2.39. The van der Waals surface area contributed by atoms with Crippen LogP contribution in [0.2, 0.25) is 0 Å². The van der Waals surface area contributed by atoms with Crippen LogP contribution in [0.3, 0.4) is 0 Å². The number of halogens is 1. The number of anilines is 1. The molecule has 4 nitrogen and oxygen atoms in total. The van der Waals surface area contributed by atoms with Crippen LogP contribution in [0.25, 0.3) is 0 Å². The molecule has 0 atom stereocenters. The monoisotopic (exact) mass is 326 g/mol. The number of carbonyl (C=O) groups is 1. The molecule has 2 N–H and O–H groups in total. The van der Waals surface area contributed by atoms with E-state index in [1.54, 1.807) is 6.07 Å². The summed E-state index contributed by atoms with van der Waals surface area (Å²) in [7, 11) is 0. The first-order chi connectivity index (χ1) is 9.16. The zero-order valence-corrected chi connectivity index (χ0v) is 12.4. The minimum absolute atomic E-state index is 0.293. The van der Waals surface area contributed by atoms with Gasteiger partial charge in [0.2, 0.25) is 0 Å². The van der Waals surface area contributed by atoms with E-state index in [1.165, 1.54) is 32.4 Å². The van der Waals surface area contributed by atoms with Crippen LogP contribution in [0.1, 0.15) is 29.6 Å². The minimum Gasteiger partial charge on any atom is -0.478 e. The Morgan fingerprint density at radius 1 is 1.32 bits per heavy atom. The Labute approximate surface area is 121 Å². The normalized spacial score (nSPS) is 16.3. The third kappa shape index (κ3) is 4.21. The van der Waals surface area contributed by atoms with E-state index in [1.807, 2.05) is 12.1 Å². The number of carboxylic acid groups (broad SMARTS) is 1. The summed E-state index contributed by atoms with van der Waals surface area (Å²) in [6, 6.07) is 5.25. The van der Waals surface area contributed by atoms with Crippen LogP contribution in [-0.2, 0) is 0 Å². The topological polar surface area (TPSA) is 52.6 Å². The standard InChI is InChI=1S/C14H19BrN2O2/c15-13-10-11(4-5-12(13)14(18)19)16-6-9-17-7-2-1-3-8-17/h4-5,10,16H,1-3,6-9H2,(H,18,19). The molecule has 1 aliphatic heterocycles. The van der Waals surface area contributed by atoms with Crippen LogP contribution in [0, 0.1) is 0 Å². The van der Waals surface area contributed by atoms with Gasteiger partial charge in [0.05, 0.1) is 5.56 Å². The van der Waals surface area contributed by atoms with Gasteiger partial charge in [0.15, 0.2) is 0 Å². The number of nitrogens with one attached hydrogen (secondary N) is 1. The van der Waals surface area contributed by atoms with Crippen molar-refractivity contribution in [2.75, 3.05) is 31.5 Å². The lowest BCUT2D eigenvalue weighted by Crippen LogP contribution is -2.33. The molecule has 1 aromatic rings. The molecule has 1 saturated heterocycles. The SMILES string of the molecule is O=C(O)c1ccc(NCCN2CCCCC2)cc1Br. The molecule has 19 heavy (non-hydrogen) atoms. The Balaban J connectivity index is 1.82. The van der Waals surface area contributed by atoms with Crippen molar-refractivity contribution < 1.29 is 9.90 Å². The summed E-state index contributed by atoms with van der Waals surface area (Å²) < 4.78 is 0.614. The number of nitrogens with zero attached hydrogens (tertiary/aromatic N) is 1. The van der Waals surface area contributed by atoms with Gasteiger partial charge in [-0.25, -0.2) is 4.79 Å². The number of aromatic carboxylic acids is 1. The summed E-state index contributed by atoms with van der Waals surface area (Å²) in [5, 5.41) is 12.3. The molecular formula is C14H19BrN2O2. The summed E-state index contributed by atoms with van der Waals surface area (Å²) in [6.07, 6.45) is 3.96. The first kappa shape index (κ1) is 14.3. The van der Waals surface area contributed by atoms with E-state index < -0.39 is 5.97 Å². The second-order valence-electron chi connectivity index (χ2n) is 4.83. The van der Waals surface area contributed by atoms with Gasteiger partial charge in [0, 0.05) is 23.2 Å². The van der Waals surface area contributed by atoms with Crippen LogP contribution in [0.4, 0.5) is 5.69 Å². The van der Waals surface area contributed by atoms with Gasteiger partial charge < -0.3 is 15.3 Å². The van der Waals surface area contributed by atoms with Gasteiger partial charge in [-0.15, -0.1) is 0 Å². The lowest BCUT2D eigenvalue weighted by Gasteiger charge is -2.26. The highest BCUT2D eigenvalue weighted by Gasteiger charge is 2.10. The van der Waals surface area contributed by atoms with Crippen molar-refractivity contribution in [3.8, 4) is 0 Å². The molecule has 0 saturated carbocycles. The molecule has 1 fully saturated rings. The number of hydrogen-bond acceptors (Lipinski definition) is 3. The van der Waals surface area contributed by atoms with Crippen molar-refractivity contribution >= 4 is 27.6 Å². The smallest absolute Gasteiger partial charge is 0.336 e. The molecular weight excluding hydrogens is 308 g/mol. The maximum Gasteiger partial charge on any atom is 0.336 e. The zero-order chi connectivity index (χ0) is 13.7. The first-order valence-corrected chi connectivity index (χ1v) is 7.45. The molecule has 104 valence electrons. The van der Waals surface area contributed by atoms with E-state index in [2.05, 4.69) is 26.1 Å². The number of rotatable bonds is 5. The molecule has 1 heterocycles. The number of benzene rings is 1. The van der Waals surface area contributed by atoms with E-state index >= 15 is 0 Å². The second kappa shape index (κ2) is 6.91. The van der Waals surface area contributed by atoms with Gasteiger partial charge in [-0.1, -0.05) is 6.42 Å². The van der Waals surface area contributed by atoms with Gasteiger partial charge >= 0.3 is 5.97 Å². The van der Waals surface area contributed by atoms with Crippen LogP contribution < -0.4 is 5.32 Å². The van der Waals surface area contributed by atoms with E-state index in [9.17, 15) is 4.79 Å². The van der Waals surface area contributed by atoms with Gasteiger partial charge in [0.1, 0.15) is 0 Å². The van der Waals surface area contributed by atoms with Crippen LogP contribution in [0.15, 0.2) is 22.7 Å². The molecule has 0 bridgehead atoms. The van der Waals surface area contributed by atoms with E-state index in [0.717, 1.165) is 18.8 Å². The number of hydrogen-bond donors (Lipinski definition) is 2. The fourth-order valence-corrected chi connectivity index (χ4v) is 2.89. The predicted octanol–water partition coefficient (Wildman–Crippen LogP) is 3.05. The molecule has 1 aromatic carbocycles. The maximum atomic E-state index is 10.9. The lowest BCUT2D eigenvalue weighted by molar-refractivity contribution is 0.0696. The average molecular weight is 327 g/mol. The van der Waals surface area contributed by atoms with Crippen LogP contribution in [0.5, 0.6) is 0 Å². The molecule has 0 radical (unpaired) electrons. The summed E-state index contributed by atoms with van der Waals surface area (Å²) in [4.78, 5) is 13.4. The molecule has 1 aliphatic rings. The number of likely N-dealkylation sites (tertiary alicyclic amines) is 1. The van der Waals surface area contributed by atoms with E-state index in [0.29, 0.717) is 10.0 Å². The van der Waals surface area contributed by atoms with E-state index in [4.69, 9.17) is 5.11 Å². The Hall–Kier alpha value is -1.07. The third-order valence-corrected chi connectivity index (χ3v) is 4.06. The maximum absolute atomic E-state index is 10.9. The van der Waals surface area contributed by atoms with Gasteiger partial charge in [-0.2, -0.15) is 0 Å². The number of piperidine rings is 1. The first-order valence-electron chi connectivity index (χ1n) is 6.66. The highest BCUT2D eigenvalue weighted by atomic mass is 79.9. The van der Waals surface area contributed by atoms with Crippen molar-refractivity contribution in [2.45, 2.75) is 19.3 Å². The summed E-state index contributed by atoms with van der Waals surface area (Å²) >= 11 is 3.28. The Kier molecular flexibility index (Phi) is 5.22. The molecule has 0 unspecified atom stereocenters. The predicted molar refractivity (Wildman–Crippen MR) is 79.9 cm³/mol. The Bertz CT molecular complexity index is 445. The fraction of sp³-hybridized carbons (Fsp3) is 0.500. The van der Waals surface area contributed by atoms with Gasteiger partial charge in [-0.05, 0) is 60.1 Å². The summed E-state index contributed by atoms with van der Waals surface area (Å²) in [5.41, 5.74) is 1.25. The van der Waals surface area contributed by atoms with Crippen LogP contribution >= 0.6 is 15.9 Å². The van der Waals surface area contributed by atoms with Crippen molar-refractivity contribution in [3.05, 3.63) is 28.2 Å². The van der Waals surface area contributed by atoms with Crippen molar-refractivity contribution in [1.29, 1.82) is 0 Å². The molecule has 0 spiro atoms. The quantitative estimate of drug-likeness (QED) is 0.873. The zero-order valence-electron chi connectivity index (χ0n) is 10.9. The summed E-state index contributed by atoms with van der Waals surface area (Å²) in [6.45, 7) is 4.32. The second-order valence-corrected chi connectivity index (χ2v) is 5.68. The van der Waals surface area contributed by atoms with E-state index in [-0.39, 0.29) is 0 Å². The highest BCUT2D eigenvalue weighted by Crippen LogP contribution is 2.21. The van der Waals surface area contributed by atoms with Gasteiger partial charge in [0.25, 0.3) is 0 Å². The third-order valence-electron chi connectivity index (χ3n) is 3.41. The fourth-order valence-electron chi connectivity index (χ4n) is 2.34. The highest BCUT2D eigenvalue weighted by molar-refractivity contribution is 9.10. The largest absolute Gasteiger partial charge is 0.478 e. The molecule has 0 aromatic heterocycles. The van der Waals surface area contributed by atoms with Gasteiger partial charge in [-0.3, -0.25) is 0 Å². The number of carboxylic acids is 1. The lowest BCUT2D eigenvalue weighted by atomic mass is 10.1.